The highest BCUT2D eigenvalue weighted by Gasteiger charge is 2.04. The van der Waals surface area contributed by atoms with Crippen molar-refractivity contribution >= 4 is 11.8 Å². The van der Waals surface area contributed by atoms with Crippen LogP contribution in [-0.2, 0) is 6.42 Å². The van der Waals surface area contributed by atoms with Crippen molar-refractivity contribution in [3.63, 3.8) is 0 Å². The predicted molar refractivity (Wildman–Crippen MR) is 59.9 cm³/mol. The van der Waals surface area contributed by atoms with Crippen LogP contribution in [0.4, 0.5) is 0 Å². The average Bonchev–Trinajstić information content (AvgIpc) is 2.69. The van der Waals surface area contributed by atoms with Crippen molar-refractivity contribution in [1.82, 2.24) is 0 Å². The van der Waals surface area contributed by atoms with E-state index in [0.717, 1.165) is 0 Å². The van der Waals surface area contributed by atoms with Gasteiger partial charge < -0.3 is 0 Å². The second-order valence-electron chi connectivity index (χ2n) is 3.38. The second-order valence-corrected chi connectivity index (χ2v) is 4.36. The fourth-order valence-electron chi connectivity index (χ4n) is 1.56. The van der Waals surface area contributed by atoms with Gasteiger partial charge in [-0.2, -0.15) is 0 Å². The number of aryl methyl sites for hydroxylation is 1. The van der Waals surface area contributed by atoms with Crippen LogP contribution in [0.2, 0.25) is 0 Å². The monoisotopic (exact) mass is 190 g/mol. The molecule has 0 radical (unpaired) electrons. The molecule has 1 heterocycles. The van der Waals surface area contributed by atoms with Crippen LogP contribution in [-0.4, -0.2) is 5.75 Å². The Hall–Kier alpha value is -0.690. The molecule has 1 aromatic carbocycles. The summed E-state index contributed by atoms with van der Waals surface area (Å²) in [6.07, 6.45) is 3.75. The molecule has 0 unspecified atom stereocenters. The molecule has 0 amide bonds. The fourth-order valence-corrected chi connectivity index (χ4v) is 2.53. The molecule has 0 nitrogen and oxygen atoms in total. The van der Waals surface area contributed by atoms with Gasteiger partial charge in [0, 0.05) is 5.75 Å². The zero-order valence-corrected chi connectivity index (χ0v) is 8.52. The Balaban J connectivity index is 1.86. The summed E-state index contributed by atoms with van der Waals surface area (Å²) in [5.41, 5.74) is 3.09. The summed E-state index contributed by atoms with van der Waals surface area (Å²) in [6.45, 7) is 0. The molecule has 1 aromatic rings. The van der Waals surface area contributed by atoms with E-state index in [1.165, 1.54) is 30.6 Å². The van der Waals surface area contributed by atoms with Crippen LogP contribution in [0.3, 0.4) is 0 Å². The first-order valence-electron chi connectivity index (χ1n) is 4.78. The quantitative estimate of drug-likeness (QED) is 0.701. The van der Waals surface area contributed by atoms with Gasteiger partial charge in [0.1, 0.15) is 0 Å². The van der Waals surface area contributed by atoms with Crippen molar-refractivity contribution in [2.75, 3.05) is 5.75 Å². The molecule has 1 aliphatic rings. The summed E-state index contributed by atoms with van der Waals surface area (Å²) in [6, 6.07) is 10.7. The van der Waals surface area contributed by atoms with Crippen LogP contribution in [0.5, 0.6) is 0 Å². The Labute approximate surface area is 84.0 Å². The smallest absolute Gasteiger partial charge is 0.00116 e. The molecule has 68 valence electrons. The van der Waals surface area contributed by atoms with Crippen molar-refractivity contribution in [3.05, 3.63) is 46.9 Å². The zero-order valence-electron chi connectivity index (χ0n) is 7.70. The number of hydrogen-bond acceptors (Lipinski definition) is 1. The van der Waals surface area contributed by atoms with Crippen LogP contribution in [0.1, 0.15) is 18.4 Å². The summed E-state index contributed by atoms with van der Waals surface area (Å²) >= 11 is 1.96. The SMILES string of the molecule is C1=C(CCc2ccccc2)CCS1. The molecule has 1 heteroatoms. The van der Waals surface area contributed by atoms with Gasteiger partial charge in [-0.25, -0.2) is 0 Å². The average molecular weight is 190 g/mol. The molecule has 1 aliphatic heterocycles. The largest absolute Gasteiger partial charge is 0.134 e. The maximum Gasteiger partial charge on any atom is 0.00116 e. The van der Waals surface area contributed by atoms with Crippen molar-refractivity contribution in [2.24, 2.45) is 0 Å². The maximum absolute atomic E-state index is 2.34. The highest BCUT2D eigenvalue weighted by molar-refractivity contribution is 8.02. The third kappa shape index (κ3) is 2.63. The van der Waals surface area contributed by atoms with Crippen LogP contribution in [0.15, 0.2) is 41.3 Å². The summed E-state index contributed by atoms with van der Waals surface area (Å²) < 4.78 is 0. The lowest BCUT2D eigenvalue weighted by Gasteiger charge is -2.01. The molecule has 0 saturated carbocycles. The second kappa shape index (κ2) is 4.52. The Bertz CT molecular complexity index is 287. The van der Waals surface area contributed by atoms with Crippen LogP contribution in [0.25, 0.3) is 0 Å². The van der Waals surface area contributed by atoms with Gasteiger partial charge in [-0.1, -0.05) is 35.9 Å². The van der Waals surface area contributed by atoms with Crippen molar-refractivity contribution in [1.29, 1.82) is 0 Å². The van der Waals surface area contributed by atoms with E-state index < -0.39 is 0 Å². The summed E-state index contributed by atoms with van der Waals surface area (Å²) in [5.74, 6) is 1.30. The molecule has 0 atom stereocenters. The van der Waals surface area contributed by atoms with E-state index in [1.807, 2.05) is 11.8 Å². The van der Waals surface area contributed by atoms with E-state index in [0.29, 0.717) is 0 Å². The highest BCUT2D eigenvalue weighted by Crippen LogP contribution is 2.25. The van der Waals surface area contributed by atoms with Gasteiger partial charge in [0.2, 0.25) is 0 Å². The van der Waals surface area contributed by atoms with Gasteiger partial charge in [-0.15, -0.1) is 11.8 Å². The standard InChI is InChI=1S/C12H14S/c1-2-4-11(5-3-1)6-7-12-8-9-13-10-12/h1-5,10H,6-9H2. The van der Waals surface area contributed by atoms with Crippen molar-refractivity contribution in [3.8, 4) is 0 Å². The van der Waals surface area contributed by atoms with E-state index in [4.69, 9.17) is 0 Å². The summed E-state index contributed by atoms with van der Waals surface area (Å²) in [5, 5.41) is 2.34. The minimum atomic E-state index is 1.20. The van der Waals surface area contributed by atoms with E-state index in [-0.39, 0.29) is 0 Å². The molecule has 0 N–H and O–H groups in total. The van der Waals surface area contributed by atoms with E-state index in [1.54, 1.807) is 5.57 Å². The van der Waals surface area contributed by atoms with Gasteiger partial charge in [0.05, 0.1) is 0 Å². The predicted octanol–water partition coefficient (Wildman–Crippen LogP) is 3.64. The summed E-state index contributed by atoms with van der Waals surface area (Å²) in [7, 11) is 0. The molecule has 0 saturated heterocycles. The van der Waals surface area contributed by atoms with Gasteiger partial charge in [0.15, 0.2) is 0 Å². The minimum absolute atomic E-state index is 1.20. The lowest BCUT2D eigenvalue weighted by atomic mass is 10.0. The molecule has 0 fully saturated rings. The lowest BCUT2D eigenvalue weighted by molar-refractivity contribution is 0.900. The van der Waals surface area contributed by atoms with Gasteiger partial charge in [0.25, 0.3) is 0 Å². The van der Waals surface area contributed by atoms with E-state index in [2.05, 4.69) is 35.7 Å². The molecular formula is C12H14S. The topological polar surface area (TPSA) is 0 Å². The van der Waals surface area contributed by atoms with Crippen molar-refractivity contribution in [2.45, 2.75) is 19.3 Å². The van der Waals surface area contributed by atoms with E-state index in [9.17, 15) is 0 Å². The number of allylic oxidation sites excluding steroid dienone is 1. The van der Waals surface area contributed by atoms with Crippen LogP contribution in [0, 0.1) is 0 Å². The first-order chi connectivity index (χ1) is 6.45. The van der Waals surface area contributed by atoms with Gasteiger partial charge >= 0.3 is 0 Å². The molecule has 2 rings (SSSR count). The Kier molecular flexibility index (Phi) is 3.09. The zero-order chi connectivity index (χ0) is 8.93. The fraction of sp³-hybridized carbons (Fsp3) is 0.333. The number of hydrogen-bond donors (Lipinski definition) is 0. The minimum Gasteiger partial charge on any atom is -0.134 e. The van der Waals surface area contributed by atoms with E-state index >= 15 is 0 Å². The first kappa shape index (κ1) is 8.89. The molecule has 0 spiro atoms. The summed E-state index contributed by atoms with van der Waals surface area (Å²) in [4.78, 5) is 0. The third-order valence-corrected chi connectivity index (χ3v) is 3.31. The third-order valence-electron chi connectivity index (χ3n) is 2.37. The van der Waals surface area contributed by atoms with Crippen LogP contribution >= 0.6 is 11.8 Å². The molecule has 0 aromatic heterocycles. The number of rotatable bonds is 3. The Morgan fingerprint density at radius 3 is 2.62 bits per heavy atom. The number of benzene rings is 1. The molecule has 0 bridgehead atoms. The molecule has 0 aliphatic carbocycles. The highest BCUT2D eigenvalue weighted by atomic mass is 32.2. The Morgan fingerprint density at radius 2 is 1.92 bits per heavy atom. The molecule has 13 heavy (non-hydrogen) atoms. The van der Waals surface area contributed by atoms with Gasteiger partial charge in [-0.3, -0.25) is 0 Å². The Morgan fingerprint density at radius 1 is 1.08 bits per heavy atom. The number of thioether (sulfide) groups is 1. The van der Waals surface area contributed by atoms with Gasteiger partial charge in [-0.05, 0) is 30.2 Å². The molecular weight excluding hydrogens is 176 g/mol. The van der Waals surface area contributed by atoms with Crippen molar-refractivity contribution < 1.29 is 0 Å². The van der Waals surface area contributed by atoms with Crippen LogP contribution < -0.4 is 0 Å². The maximum atomic E-state index is 2.34. The first-order valence-corrected chi connectivity index (χ1v) is 5.83. The lowest BCUT2D eigenvalue weighted by Crippen LogP contribution is -1.87. The normalized spacial score (nSPS) is 15.8.